The van der Waals surface area contributed by atoms with Crippen LogP contribution in [0.3, 0.4) is 0 Å². The van der Waals surface area contributed by atoms with Crippen LogP contribution in [0.5, 0.6) is 0 Å². The van der Waals surface area contributed by atoms with Crippen LogP contribution in [0.25, 0.3) is 0 Å². The predicted octanol–water partition coefficient (Wildman–Crippen LogP) is 2.49. The summed E-state index contributed by atoms with van der Waals surface area (Å²) in [6, 6.07) is 8.66. The van der Waals surface area contributed by atoms with Crippen LogP contribution in [-0.2, 0) is 11.8 Å². The topological polar surface area (TPSA) is 102 Å². The minimum absolute atomic E-state index is 0.162. The van der Waals surface area contributed by atoms with E-state index >= 15 is 0 Å². The van der Waals surface area contributed by atoms with Gasteiger partial charge < -0.3 is 15.2 Å². The van der Waals surface area contributed by atoms with Gasteiger partial charge in [-0.2, -0.15) is 0 Å². The quantitative estimate of drug-likeness (QED) is 0.589. The summed E-state index contributed by atoms with van der Waals surface area (Å²) in [6.45, 7) is 1.84. The molecule has 1 aromatic carbocycles. The van der Waals surface area contributed by atoms with E-state index in [4.69, 9.17) is 0 Å². The summed E-state index contributed by atoms with van der Waals surface area (Å²) < 4.78 is 1.78. The number of nitrogens with zero attached hydrogens (tertiary/aromatic N) is 4. The first kappa shape index (κ1) is 19.1. The average Bonchev–Trinajstić information content (AvgIpc) is 3.30. The van der Waals surface area contributed by atoms with Gasteiger partial charge in [0.1, 0.15) is 0 Å². The van der Waals surface area contributed by atoms with E-state index in [0.717, 1.165) is 0 Å². The Bertz CT molecular complexity index is 911. The molecule has 2 heterocycles. The summed E-state index contributed by atoms with van der Waals surface area (Å²) in [4.78, 5) is 28.3. The molecule has 3 rings (SSSR count). The van der Waals surface area contributed by atoms with Crippen LogP contribution in [0, 0.1) is 0 Å². The highest BCUT2D eigenvalue weighted by atomic mass is 32.2. The van der Waals surface area contributed by atoms with Crippen molar-refractivity contribution in [3.8, 4) is 0 Å². The zero-order valence-corrected chi connectivity index (χ0v) is 16.4. The fourth-order valence-corrected chi connectivity index (χ4v) is 3.60. The second-order valence-corrected chi connectivity index (χ2v) is 7.47. The summed E-state index contributed by atoms with van der Waals surface area (Å²) in [5, 5.41) is 16.8. The molecule has 1 unspecified atom stereocenters. The Balaban J connectivity index is 1.57. The standard InChI is InChI=1S/C17H18N6O2S2/c1-11(19-15(25)12-6-4-3-5-7-12)14-21-22-17(23(14)2)27-10-13(24)20-16-18-8-9-26-16/h3-9,11H,10H2,1-2H3,(H,19,25)(H,18,20,24). The second-order valence-electron chi connectivity index (χ2n) is 5.64. The first-order valence-electron chi connectivity index (χ1n) is 8.12. The molecule has 10 heteroatoms. The molecule has 0 fully saturated rings. The van der Waals surface area contributed by atoms with E-state index in [1.165, 1.54) is 23.1 Å². The van der Waals surface area contributed by atoms with E-state index < -0.39 is 0 Å². The molecular formula is C17H18N6O2S2. The van der Waals surface area contributed by atoms with Gasteiger partial charge in [0.15, 0.2) is 16.1 Å². The minimum atomic E-state index is -0.325. The zero-order valence-electron chi connectivity index (χ0n) is 14.7. The first-order valence-corrected chi connectivity index (χ1v) is 9.98. The third-order valence-corrected chi connectivity index (χ3v) is 5.36. The molecule has 2 aromatic heterocycles. The molecule has 27 heavy (non-hydrogen) atoms. The smallest absolute Gasteiger partial charge is 0.251 e. The lowest BCUT2D eigenvalue weighted by molar-refractivity contribution is -0.113. The van der Waals surface area contributed by atoms with Gasteiger partial charge in [0, 0.05) is 24.2 Å². The van der Waals surface area contributed by atoms with Crippen molar-refractivity contribution in [2.75, 3.05) is 11.1 Å². The molecular weight excluding hydrogens is 384 g/mol. The molecule has 0 bridgehead atoms. The molecule has 2 N–H and O–H groups in total. The Morgan fingerprint density at radius 3 is 2.74 bits per heavy atom. The number of thioether (sulfide) groups is 1. The first-order chi connectivity index (χ1) is 13.0. The van der Waals surface area contributed by atoms with Gasteiger partial charge in [0.25, 0.3) is 5.91 Å². The van der Waals surface area contributed by atoms with Gasteiger partial charge in [-0.25, -0.2) is 4.98 Å². The van der Waals surface area contributed by atoms with E-state index in [1.807, 2.05) is 32.2 Å². The molecule has 140 valence electrons. The van der Waals surface area contributed by atoms with Crippen molar-refractivity contribution in [3.63, 3.8) is 0 Å². The van der Waals surface area contributed by atoms with Crippen molar-refractivity contribution >= 4 is 40.0 Å². The molecule has 2 amide bonds. The Kier molecular flexibility index (Phi) is 6.20. The number of aromatic nitrogens is 4. The second kappa shape index (κ2) is 8.78. The third kappa shape index (κ3) is 4.92. The van der Waals surface area contributed by atoms with Crippen LogP contribution >= 0.6 is 23.1 Å². The fraction of sp³-hybridized carbons (Fsp3) is 0.235. The van der Waals surface area contributed by atoms with Crippen LogP contribution in [-0.4, -0.2) is 37.3 Å². The minimum Gasteiger partial charge on any atom is -0.342 e. The number of rotatable bonds is 7. The molecule has 0 saturated heterocycles. The van der Waals surface area contributed by atoms with Crippen molar-refractivity contribution in [2.24, 2.45) is 7.05 Å². The Labute approximate surface area is 164 Å². The van der Waals surface area contributed by atoms with Gasteiger partial charge in [-0.05, 0) is 19.1 Å². The number of anilines is 1. The van der Waals surface area contributed by atoms with E-state index in [2.05, 4.69) is 25.8 Å². The van der Waals surface area contributed by atoms with Crippen LogP contribution in [0.1, 0.15) is 29.1 Å². The molecule has 0 aliphatic rings. The highest BCUT2D eigenvalue weighted by Crippen LogP contribution is 2.20. The number of benzene rings is 1. The van der Waals surface area contributed by atoms with E-state index in [0.29, 0.717) is 21.7 Å². The third-order valence-electron chi connectivity index (χ3n) is 3.65. The molecule has 0 saturated carbocycles. The number of carbonyl (C=O) groups excluding carboxylic acids is 2. The fourth-order valence-electron chi connectivity index (χ4n) is 2.33. The van der Waals surface area contributed by atoms with Gasteiger partial charge in [-0.3, -0.25) is 9.59 Å². The molecule has 0 radical (unpaired) electrons. The summed E-state index contributed by atoms with van der Waals surface area (Å²) >= 11 is 2.63. The van der Waals surface area contributed by atoms with Crippen LogP contribution in [0.15, 0.2) is 47.1 Å². The monoisotopic (exact) mass is 402 g/mol. The molecule has 0 spiro atoms. The highest BCUT2D eigenvalue weighted by molar-refractivity contribution is 7.99. The Hall–Kier alpha value is -2.72. The molecule has 8 nitrogen and oxygen atoms in total. The van der Waals surface area contributed by atoms with E-state index in [1.54, 1.807) is 28.3 Å². The lowest BCUT2D eigenvalue weighted by Crippen LogP contribution is -2.28. The number of thiazole rings is 1. The SMILES string of the molecule is CC(NC(=O)c1ccccc1)c1nnc(SCC(=O)Nc2nccs2)n1C. The maximum atomic E-state index is 12.3. The van der Waals surface area contributed by atoms with Gasteiger partial charge >= 0.3 is 0 Å². The zero-order chi connectivity index (χ0) is 19.2. The van der Waals surface area contributed by atoms with Crippen LogP contribution < -0.4 is 10.6 Å². The summed E-state index contributed by atoms with van der Waals surface area (Å²) in [7, 11) is 1.81. The van der Waals surface area contributed by atoms with Crippen LogP contribution in [0.4, 0.5) is 5.13 Å². The van der Waals surface area contributed by atoms with Gasteiger partial charge in [-0.1, -0.05) is 30.0 Å². The van der Waals surface area contributed by atoms with Gasteiger partial charge in [0.05, 0.1) is 11.8 Å². The number of nitrogens with one attached hydrogen (secondary N) is 2. The van der Waals surface area contributed by atoms with E-state index in [9.17, 15) is 9.59 Å². The lowest BCUT2D eigenvalue weighted by Gasteiger charge is -2.13. The Morgan fingerprint density at radius 2 is 2.04 bits per heavy atom. The molecule has 1 atom stereocenters. The largest absolute Gasteiger partial charge is 0.342 e. The maximum Gasteiger partial charge on any atom is 0.251 e. The lowest BCUT2D eigenvalue weighted by atomic mass is 10.2. The van der Waals surface area contributed by atoms with Crippen LogP contribution in [0.2, 0.25) is 0 Å². The number of carbonyl (C=O) groups is 2. The van der Waals surface area contributed by atoms with Crippen molar-refractivity contribution in [1.82, 2.24) is 25.1 Å². The van der Waals surface area contributed by atoms with Gasteiger partial charge in [-0.15, -0.1) is 21.5 Å². The van der Waals surface area contributed by atoms with Gasteiger partial charge in [0.2, 0.25) is 5.91 Å². The summed E-state index contributed by atoms with van der Waals surface area (Å²) in [6.07, 6.45) is 1.63. The summed E-state index contributed by atoms with van der Waals surface area (Å²) in [5.74, 6) is 0.464. The highest BCUT2D eigenvalue weighted by Gasteiger charge is 2.19. The normalized spacial score (nSPS) is 11.8. The maximum absolute atomic E-state index is 12.3. The molecule has 3 aromatic rings. The summed E-state index contributed by atoms with van der Waals surface area (Å²) in [5.41, 5.74) is 0.583. The molecule has 0 aliphatic carbocycles. The van der Waals surface area contributed by atoms with Crippen molar-refractivity contribution in [3.05, 3.63) is 53.3 Å². The number of hydrogen-bond acceptors (Lipinski definition) is 7. The van der Waals surface area contributed by atoms with Crippen molar-refractivity contribution in [1.29, 1.82) is 0 Å². The van der Waals surface area contributed by atoms with Crippen molar-refractivity contribution < 1.29 is 9.59 Å². The molecule has 0 aliphatic heterocycles. The Morgan fingerprint density at radius 1 is 1.26 bits per heavy atom. The number of amides is 2. The number of hydrogen-bond donors (Lipinski definition) is 2. The predicted molar refractivity (Wildman–Crippen MR) is 105 cm³/mol. The van der Waals surface area contributed by atoms with E-state index in [-0.39, 0.29) is 23.6 Å². The van der Waals surface area contributed by atoms with Crippen molar-refractivity contribution in [2.45, 2.75) is 18.1 Å². The average molecular weight is 403 g/mol.